The number of thioether (sulfide) groups is 2. The summed E-state index contributed by atoms with van der Waals surface area (Å²) in [5.74, 6) is 4.09. The molecule has 0 aromatic carbocycles. The Morgan fingerprint density at radius 1 is 1.12 bits per heavy atom. The van der Waals surface area contributed by atoms with Gasteiger partial charge in [-0.3, -0.25) is 4.90 Å². The van der Waals surface area contributed by atoms with Crippen LogP contribution in [0.2, 0.25) is 0 Å². The van der Waals surface area contributed by atoms with E-state index in [9.17, 15) is 0 Å². The highest BCUT2D eigenvalue weighted by molar-refractivity contribution is 8.06. The molecule has 0 spiro atoms. The number of hydrogen-bond donors (Lipinski definition) is 1. The molecule has 3 atom stereocenters. The van der Waals surface area contributed by atoms with Crippen molar-refractivity contribution in [2.45, 2.75) is 55.5 Å². The lowest BCUT2D eigenvalue weighted by molar-refractivity contribution is 0.0333. The smallest absolute Gasteiger partial charge is 0.0266 e. The molecule has 3 aliphatic heterocycles. The molecule has 0 amide bonds. The van der Waals surface area contributed by atoms with Gasteiger partial charge in [-0.05, 0) is 25.7 Å². The number of hydrogen-bond acceptors (Lipinski definition) is 4. The van der Waals surface area contributed by atoms with Gasteiger partial charge >= 0.3 is 0 Å². The van der Waals surface area contributed by atoms with Crippen molar-refractivity contribution in [2.75, 3.05) is 23.8 Å². The minimum absolute atomic E-state index is 0.481. The summed E-state index contributed by atoms with van der Waals surface area (Å²) >= 11 is 4.35. The van der Waals surface area contributed by atoms with Gasteiger partial charge in [0, 0.05) is 47.2 Å². The molecule has 0 aromatic rings. The van der Waals surface area contributed by atoms with Gasteiger partial charge in [-0.2, -0.15) is 23.5 Å². The first-order valence-electron chi connectivity index (χ1n) is 7.03. The van der Waals surface area contributed by atoms with E-state index in [-0.39, 0.29) is 0 Å². The summed E-state index contributed by atoms with van der Waals surface area (Å²) < 4.78 is 0. The Morgan fingerprint density at radius 2 is 1.88 bits per heavy atom. The van der Waals surface area contributed by atoms with Gasteiger partial charge in [0.05, 0.1) is 0 Å². The predicted molar refractivity (Wildman–Crippen MR) is 78.9 cm³/mol. The SMILES string of the molecule is NC1CC2CCCC(C1)N2CC1CSCCS1. The van der Waals surface area contributed by atoms with Gasteiger partial charge in [0.2, 0.25) is 0 Å². The highest BCUT2D eigenvalue weighted by atomic mass is 32.2. The fourth-order valence-corrected chi connectivity index (χ4v) is 6.37. The van der Waals surface area contributed by atoms with E-state index in [1.807, 2.05) is 0 Å². The molecule has 0 aliphatic carbocycles. The molecule has 2 N–H and O–H groups in total. The maximum absolute atomic E-state index is 6.18. The van der Waals surface area contributed by atoms with E-state index < -0.39 is 0 Å². The largest absolute Gasteiger partial charge is 0.328 e. The Balaban J connectivity index is 1.61. The first kappa shape index (κ1) is 12.6. The number of fused-ring (bicyclic) bond motifs is 2. The van der Waals surface area contributed by atoms with Crippen LogP contribution < -0.4 is 5.73 Å². The molecule has 3 saturated heterocycles. The van der Waals surface area contributed by atoms with Crippen LogP contribution >= 0.6 is 23.5 Å². The number of nitrogens with two attached hydrogens (primary N) is 1. The van der Waals surface area contributed by atoms with Crippen LogP contribution in [0.15, 0.2) is 0 Å². The fraction of sp³-hybridized carbons (Fsp3) is 1.00. The second-order valence-corrected chi connectivity index (χ2v) is 8.29. The molecule has 3 unspecified atom stereocenters. The molecule has 3 rings (SSSR count). The first-order chi connectivity index (χ1) is 8.33. The van der Waals surface area contributed by atoms with E-state index >= 15 is 0 Å². The highest BCUT2D eigenvalue weighted by Gasteiger charge is 2.38. The quantitative estimate of drug-likeness (QED) is 0.834. The standard InChI is InChI=1S/C13H24N2S2/c14-10-6-11-2-1-3-12(7-10)15(11)8-13-9-16-4-5-17-13/h10-13H,1-9,14H2. The summed E-state index contributed by atoms with van der Waals surface area (Å²) in [6, 6.07) is 2.10. The van der Waals surface area contributed by atoms with Gasteiger partial charge in [0.25, 0.3) is 0 Å². The average Bonchev–Trinajstić information content (AvgIpc) is 2.32. The summed E-state index contributed by atoms with van der Waals surface area (Å²) in [7, 11) is 0. The third-order valence-corrected chi connectivity index (χ3v) is 7.29. The molecule has 3 aliphatic rings. The van der Waals surface area contributed by atoms with Crippen molar-refractivity contribution in [3.8, 4) is 0 Å². The van der Waals surface area contributed by atoms with Gasteiger partial charge in [0.15, 0.2) is 0 Å². The predicted octanol–water partition coefficient (Wildman–Crippen LogP) is 2.18. The minimum atomic E-state index is 0.481. The molecule has 0 saturated carbocycles. The molecule has 2 bridgehead atoms. The van der Waals surface area contributed by atoms with E-state index in [4.69, 9.17) is 5.73 Å². The molecular formula is C13H24N2S2. The van der Waals surface area contributed by atoms with Crippen LogP contribution in [0, 0.1) is 0 Å². The van der Waals surface area contributed by atoms with E-state index in [1.54, 1.807) is 0 Å². The summed E-state index contributed by atoms with van der Waals surface area (Å²) in [6.07, 6.45) is 6.73. The van der Waals surface area contributed by atoms with Gasteiger partial charge in [0.1, 0.15) is 0 Å². The second-order valence-electron chi connectivity index (χ2n) is 5.73. The fourth-order valence-electron chi connectivity index (χ4n) is 3.70. The van der Waals surface area contributed by atoms with E-state index in [1.165, 1.54) is 55.9 Å². The van der Waals surface area contributed by atoms with Gasteiger partial charge in [-0.1, -0.05) is 6.42 Å². The molecule has 3 fully saturated rings. The topological polar surface area (TPSA) is 29.3 Å². The zero-order valence-electron chi connectivity index (χ0n) is 10.5. The maximum atomic E-state index is 6.18. The summed E-state index contributed by atoms with van der Waals surface area (Å²) in [5, 5.41) is 0.881. The summed E-state index contributed by atoms with van der Waals surface area (Å²) in [4.78, 5) is 2.83. The van der Waals surface area contributed by atoms with Crippen molar-refractivity contribution < 1.29 is 0 Å². The monoisotopic (exact) mass is 272 g/mol. The lowest BCUT2D eigenvalue weighted by atomic mass is 9.82. The second kappa shape index (κ2) is 5.72. The average molecular weight is 272 g/mol. The normalized spacial score (nSPS) is 43.6. The van der Waals surface area contributed by atoms with Crippen molar-refractivity contribution in [2.24, 2.45) is 5.73 Å². The van der Waals surface area contributed by atoms with Crippen LogP contribution in [0.5, 0.6) is 0 Å². The van der Waals surface area contributed by atoms with Crippen LogP contribution in [-0.4, -0.2) is 52.1 Å². The number of nitrogens with zero attached hydrogens (tertiary/aromatic N) is 1. The molecule has 17 heavy (non-hydrogen) atoms. The Labute approximate surface area is 113 Å². The molecule has 4 heteroatoms. The summed E-state index contributed by atoms with van der Waals surface area (Å²) in [5.41, 5.74) is 6.18. The van der Waals surface area contributed by atoms with Gasteiger partial charge in [-0.15, -0.1) is 0 Å². The van der Waals surface area contributed by atoms with E-state index in [0.717, 1.165) is 17.3 Å². The maximum Gasteiger partial charge on any atom is 0.0266 e. The molecular weight excluding hydrogens is 248 g/mol. The summed E-state index contributed by atoms with van der Waals surface area (Å²) in [6.45, 7) is 1.33. The number of piperidine rings is 2. The third kappa shape index (κ3) is 2.96. The molecule has 98 valence electrons. The lowest BCUT2D eigenvalue weighted by Gasteiger charge is -2.49. The Hall–Kier alpha value is 0.620. The zero-order valence-corrected chi connectivity index (χ0v) is 12.1. The molecule has 3 heterocycles. The van der Waals surface area contributed by atoms with Gasteiger partial charge in [-0.25, -0.2) is 0 Å². The molecule has 2 nitrogen and oxygen atoms in total. The van der Waals surface area contributed by atoms with Crippen molar-refractivity contribution in [1.29, 1.82) is 0 Å². The van der Waals surface area contributed by atoms with E-state index in [2.05, 4.69) is 28.4 Å². The Bertz CT molecular complexity index is 242. The van der Waals surface area contributed by atoms with Crippen LogP contribution in [0.3, 0.4) is 0 Å². The van der Waals surface area contributed by atoms with Crippen molar-refractivity contribution >= 4 is 23.5 Å². The number of rotatable bonds is 2. The first-order valence-corrected chi connectivity index (χ1v) is 9.24. The van der Waals surface area contributed by atoms with Crippen LogP contribution in [0.1, 0.15) is 32.1 Å². The van der Waals surface area contributed by atoms with Gasteiger partial charge < -0.3 is 5.73 Å². The van der Waals surface area contributed by atoms with Crippen LogP contribution in [0.25, 0.3) is 0 Å². The molecule has 0 aromatic heterocycles. The highest BCUT2D eigenvalue weighted by Crippen LogP contribution is 2.35. The van der Waals surface area contributed by atoms with Crippen LogP contribution in [-0.2, 0) is 0 Å². The van der Waals surface area contributed by atoms with Crippen LogP contribution in [0.4, 0.5) is 0 Å². The zero-order chi connectivity index (χ0) is 11.7. The molecule has 0 radical (unpaired) electrons. The van der Waals surface area contributed by atoms with Crippen molar-refractivity contribution in [1.82, 2.24) is 4.90 Å². The third-order valence-electron chi connectivity index (χ3n) is 4.46. The minimum Gasteiger partial charge on any atom is -0.328 e. The van der Waals surface area contributed by atoms with Crippen molar-refractivity contribution in [3.63, 3.8) is 0 Å². The van der Waals surface area contributed by atoms with E-state index in [0.29, 0.717) is 6.04 Å². The lowest BCUT2D eigenvalue weighted by Crippen LogP contribution is -2.57. The van der Waals surface area contributed by atoms with Crippen molar-refractivity contribution in [3.05, 3.63) is 0 Å². The Morgan fingerprint density at radius 3 is 2.53 bits per heavy atom. The Kier molecular flexibility index (Phi) is 4.26.